The number of carbonyl (C=O) groups is 1. The van der Waals surface area contributed by atoms with E-state index in [9.17, 15) is 9.90 Å². The molecule has 0 unspecified atom stereocenters. The minimum absolute atomic E-state index is 0.128. The zero-order valence-electron chi connectivity index (χ0n) is 11.6. The van der Waals surface area contributed by atoms with Crippen LogP contribution >= 0.6 is 11.6 Å². The van der Waals surface area contributed by atoms with Crippen molar-refractivity contribution in [2.45, 2.75) is 6.42 Å². The van der Waals surface area contributed by atoms with Gasteiger partial charge in [-0.15, -0.1) is 0 Å². The third kappa shape index (κ3) is 4.96. The van der Waals surface area contributed by atoms with Gasteiger partial charge >= 0.3 is 5.97 Å². The Balaban J connectivity index is 2.97. The van der Waals surface area contributed by atoms with Gasteiger partial charge in [0.2, 0.25) is 0 Å². The second kappa shape index (κ2) is 8.73. The third-order valence-corrected chi connectivity index (χ3v) is 2.92. The van der Waals surface area contributed by atoms with Gasteiger partial charge in [-0.05, 0) is 18.6 Å². The van der Waals surface area contributed by atoms with E-state index in [1.54, 1.807) is 14.2 Å². The number of carboxylic acids is 1. The largest absolute Gasteiger partial charge is 0.478 e. The van der Waals surface area contributed by atoms with Crippen LogP contribution in [0.25, 0.3) is 0 Å². The van der Waals surface area contributed by atoms with Crippen LogP contribution in [0.15, 0.2) is 12.1 Å². The predicted octanol–water partition coefficient (Wildman–Crippen LogP) is 1.92. The van der Waals surface area contributed by atoms with E-state index in [1.165, 1.54) is 12.1 Å². The molecule has 6 nitrogen and oxygen atoms in total. The van der Waals surface area contributed by atoms with Crippen LogP contribution in [0.4, 0.5) is 5.82 Å². The molecule has 1 heterocycles. The van der Waals surface area contributed by atoms with E-state index in [1.807, 2.05) is 4.90 Å². The van der Waals surface area contributed by atoms with E-state index in [-0.39, 0.29) is 10.7 Å². The van der Waals surface area contributed by atoms with Gasteiger partial charge < -0.3 is 19.5 Å². The fourth-order valence-corrected chi connectivity index (χ4v) is 1.90. The van der Waals surface area contributed by atoms with Gasteiger partial charge in [0.15, 0.2) is 0 Å². The Bertz CT molecular complexity index is 442. The normalized spacial score (nSPS) is 10.6. The summed E-state index contributed by atoms with van der Waals surface area (Å²) in [5.41, 5.74) is 0.128. The number of halogens is 1. The first-order chi connectivity index (χ1) is 9.60. The molecular formula is C13H19ClN2O4. The summed E-state index contributed by atoms with van der Waals surface area (Å²) >= 11 is 5.87. The van der Waals surface area contributed by atoms with Crippen molar-refractivity contribution in [1.29, 1.82) is 0 Å². The molecule has 0 spiro atoms. The van der Waals surface area contributed by atoms with Crippen LogP contribution in [0.3, 0.4) is 0 Å². The first-order valence-corrected chi connectivity index (χ1v) is 6.60. The lowest BCUT2D eigenvalue weighted by atomic mass is 10.2. The van der Waals surface area contributed by atoms with Gasteiger partial charge in [0.1, 0.15) is 16.5 Å². The van der Waals surface area contributed by atoms with Gasteiger partial charge in [0, 0.05) is 33.9 Å². The van der Waals surface area contributed by atoms with Crippen molar-refractivity contribution in [2.75, 3.05) is 45.4 Å². The highest BCUT2D eigenvalue weighted by Gasteiger charge is 2.18. The third-order valence-electron chi connectivity index (χ3n) is 2.71. The maximum atomic E-state index is 11.3. The summed E-state index contributed by atoms with van der Waals surface area (Å²) in [6.45, 7) is 2.21. The van der Waals surface area contributed by atoms with Gasteiger partial charge in [-0.3, -0.25) is 0 Å². The maximum absolute atomic E-state index is 11.3. The van der Waals surface area contributed by atoms with Crippen LogP contribution in [0.1, 0.15) is 16.8 Å². The number of ether oxygens (including phenoxy) is 2. The monoisotopic (exact) mass is 302 g/mol. The van der Waals surface area contributed by atoms with E-state index in [0.717, 1.165) is 6.42 Å². The number of carboxylic acid groups (broad SMARTS) is 1. The quantitative estimate of drug-likeness (QED) is 0.555. The highest BCUT2D eigenvalue weighted by Crippen LogP contribution is 2.21. The van der Waals surface area contributed by atoms with Gasteiger partial charge in [-0.1, -0.05) is 11.6 Å². The molecule has 0 saturated carbocycles. The minimum Gasteiger partial charge on any atom is -0.478 e. The van der Waals surface area contributed by atoms with Gasteiger partial charge in [-0.2, -0.15) is 0 Å². The Labute approximate surface area is 123 Å². The van der Waals surface area contributed by atoms with E-state index >= 15 is 0 Å². The van der Waals surface area contributed by atoms with Gasteiger partial charge in [0.25, 0.3) is 0 Å². The fraction of sp³-hybridized carbons (Fsp3) is 0.538. The number of pyridine rings is 1. The Morgan fingerprint density at radius 2 is 2.00 bits per heavy atom. The van der Waals surface area contributed by atoms with Crippen molar-refractivity contribution in [2.24, 2.45) is 0 Å². The Morgan fingerprint density at radius 1 is 1.30 bits per heavy atom. The summed E-state index contributed by atoms with van der Waals surface area (Å²) < 4.78 is 10.1. The zero-order valence-corrected chi connectivity index (χ0v) is 12.4. The molecular weight excluding hydrogens is 284 g/mol. The van der Waals surface area contributed by atoms with E-state index < -0.39 is 5.97 Å². The summed E-state index contributed by atoms with van der Waals surface area (Å²) in [5, 5.41) is 9.50. The molecule has 0 saturated heterocycles. The van der Waals surface area contributed by atoms with E-state index in [2.05, 4.69) is 4.98 Å². The molecule has 0 bridgehead atoms. The lowest BCUT2D eigenvalue weighted by Gasteiger charge is -2.24. The van der Waals surface area contributed by atoms with Gasteiger partial charge in [0.05, 0.1) is 6.61 Å². The number of nitrogens with zero attached hydrogens (tertiary/aromatic N) is 2. The maximum Gasteiger partial charge on any atom is 0.339 e. The summed E-state index contributed by atoms with van der Waals surface area (Å²) in [5.74, 6) is -0.670. The number of methoxy groups -OCH3 is 2. The molecule has 0 fully saturated rings. The van der Waals surface area contributed by atoms with Crippen LogP contribution in [0.5, 0.6) is 0 Å². The summed E-state index contributed by atoms with van der Waals surface area (Å²) in [6.07, 6.45) is 0.757. The van der Waals surface area contributed by atoms with Gasteiger partial charge in [-0.25, -0.2) is 9.78 Å². The van der Waals surface area contributed by atoms with Crippen LogP contribution in [0, 0.1) is 0 Å². The molecule has 7 heteroatoms. The predicted molar refractivity (Wildman–Crippen MR) is 76.8 cm³/mol. The van der Waals surface area contributed by atoms with Crippen LogP contribution in [-0.4, -0.2) is 56.6 Å². The Morgan fingerprint density at radius 3 is 2.60 bits per heavy atom. The number of aromatic carboxylic acids is 1. The number of rotatable bonds is 9. The molecule has 0 aliphatic carbocycles. The van der Waals surface area contributed by atoms with Crippen molar-refractivity contribution in [3.63, 3.8) is 0 Å². The van der Waals surface area contributed by atoms with Crippen LogP contribution in [-0.2, 0) is 9.47 Å². The number of anilines is 1. The molecule has 0 atom stereocenters. The lowest BCUT2D eigenvalue weighted by molar-refractivity contribution is 0.0697. The first kappa shape index (κ1) is 16.7. The molecule has 1 aromatic heterocycles. The molecule has 1 rings (SSSR count). The minimum atomic E-state index is -1.03. The number of hydrogen-bond donors (Lipinski definition) is 1. The summed E-state index contributed by atoms with van der Waals surface area (Å²) in [7, 11) is 3.22. The van der Waals surface area contributed by atoms with E-state index in [0.29, 0.717) is 32.1 Å². The zero-order chi connectivity index (χ0) is 15.0. The second-order valence-corrected chi connectivity index (χ2v) is 4.52. The fourth-order valence-electron chi connectivity index (χ4n) is 1.76. The van der Waals surface area contributed by atoms with Crippen molar-refractivity contribution in [3.8, 4) is 0 Å². The molecule has 1 N–H and O–H groups in total. The summed E-state index contributed by atoms with van der Waals surface area (Å²) in [4.78, 5) is 17.3. The van der Waals surface area contributed by atoms with Crippen molar-refractivity contribution in [3.05, 3.63) is 22.8 Å². The van der Waals surface area contributed by atoms with Crippen LogP contribution < -0.4 is 4.90 Å². The molecule has 0 aromatic carbocycles. The molecule has 0 radical (unpaired) electrons. The number of hydrogen-bond acceptors (Lipinski definition) is 5. The van der Waals surface area contributed by atoms with Crippen molar-refractivity contribution >= 4 is 23.4 Å². The Kier molecular flexibility index (Phi) is 7.28. The Hall–Kier alpha value is -1.37. The number of aromatic nitrogens is 1. The van der Waals surface area contributed by atoms with Crippen LogP contribution in [0.2, 0.25) is 5.15 Å². The highest BCUT2D eigenvalue weighted by molar-refractivity contribution is 6.29. The standard InChI is InChI=1S/C13H19ClN2O4/c1-19-8-3-6-16(7-9-20-2)12-10(13(17)18)4-5-11(14)15-12/h4-5H,3,6-9H2,1-2H3,(H,17,18). The highest BCUT2D eigenvalue weighted by atomic mass is 35.5. The smallest absolute Gasteiger partial charge is 0.339 e. The SMILES string of the molecule is COCCCN(CCOC)c1nc(Cl)ccc1C(=O)O. The van der Waals surface area contributed by atoms with E-state index in [4.69, 9.17) is 21.1 Å². The van der Waals surface area contributed by atoms with Crippen molar-refractivity contribution < 1.29 is 19.4 Å². The second-order valence-electron chi connectivity index (χ2n) is 4.14. The first-order valence-electron chi connectivity index (χ1n) is 6.22. The molecule has 0 aliphatic rings. The average molecular weight is 303 g/mol. The molecule has 112 valence electrons. The summed E-state index contributed by atoms with van der Waals surface area (Å²) in [6, 6.07) is 2.93. The van der Waals surface area contributed by atoms with Crippen molar-refractivity contribution in [1.82, 2.24) is 4.98 Å². The lowest BCUT2D eigenvalue weighted by Crippen LogP contribution is -2.31. The molecule has 1 aromatic rings. The topological polar surface area (TPSA) is 71.9 Å². The molecule has 20 heavy (non-hydrogen) atoms. The molecule has 0 amide bonds. The average Bonchev–Trinajstić information content (AvgIpc) is 2.42. The molecule has 0 aliphatic heterocycles.